The van der Waals surface area contributed by atoms with E-state index in [1.165, 1.54) is 62.2 Å². The number of nitrogens with zero attached hydrogens (tertiary/aromatic N) is 1. The molecule has 0 atom stereocenters. The van der Waals surface area contributed by atoms with Crippen LogP contribution in [0.2, 0.25) is 0 Å². The van der Waals surface area contributed by atoms with Gasteiger partial charge in [0.1, 0.15) is 5.82 Å². The van der Waals surface area contributed by atoms with Crippen molar-refractivity contribution in [2.75, 3.05) is 4.90 Å². The molecule has 0 spiro atoms. The van der Waals surface area contributed by atoms with Gasteiger partial charge in [-0.1, -0.05) is 119 Å². The maximum Gasteiger partial charge on any atom is 0.123 e. The highest BCUT2D eigenvalue weighted by molar-refractivity contribution is 6.09. The Kier molecular flexibility index (Phi) is 6.41. The summed E-state index contributed by atoms with van der Waals surface area (Å²) in [4.78, 5) is 2.18. The lowest BCUT2D eigenvalue weighted by molar-refractivity contribution is 0.628. The Morgan fingerprint density at radius 2 is 0.848 bits per heavy atom. The fraction of sp³-hybridized carbons (Fsp3) is 0.136. The van der Waals surface area contributed by atoms with Gasteiger partial charge < -0.3 is 4.90 Å². The first-order valence-electron chi connectivity index (χ1n) is 16.0. The molecule has 0 unspecified atom stereocenters. The van der Waals surface area contributed by atoms with E-state index < -0.39 is 0 Å². The van der Waals surface area contributed by atoms with Crippen LogP contribution in [0.5, 0.6) is 0 Å². The van der Waals surface area contributed by atoms with Crippen molar-refractivity contribution in [3.8, 4) is 22.3 Å². The third kappa shape index (κ3) is 4.35. The maximum atomic E-state index is 14.0. The lowest BCUT2D eigenvalue weighted by Crippen LogP contribution is -2.19. The van der Waals surface area contributed by atoms with Crippen LogP contribution < -0.4 is 4.90 Å². The second kappa shape index (κ2) is 10.4. The molecule has 6 aromatic rings. The Balaban J connectivity index is 1.15. The van der Waals surface area contributed by atoms with Gasteiger partial charge >= 0.3 is 0 Å². The number of fused-ring (bicyclic) bond motifs is 4. The zero-order valence-electron chi connectivity index (χ0n) is 26.7. The number of rotatable bonds is 5. The molecule has 0 heterocycles. The van der Waals surface area contributed by atoms with Crippen LogP contribution in [0.25, 0.3) is 33.4 Å². The summed E-state index contributed by atoms with van der Waals surface area (Å²) in [6.07, 6.45) is 0. The first-order chi connectivity index (χ1) is 22.2. The van der Waals surface area contributed by atoms with Crippen LogP contribution in [0.1, 0.15) is 49.9 Å². The first kappa shape index (κ1) is 28.3. The molecular formula is C44H36FN. The molecule has 0 fully saturated rings. The third-order valence-corrected chi connectivity index (χ3v) is 10.1. The van der Waals surface area contributed by atoms with Crippen molar-refractivity contribution in [1.82, 2.24) is 0 Å². The van der Waals surface area contributed by atoms with E-state index in [4.69, 9.17) is 0 Å². The van der Waals surface area contributed by atoms with Crippen molar-refractivity contribution < 1.29 is 4.39 Å². The number of anilines is 3. The molecule has 0 aromatic heterocycles. The van der Waals surface area contributed by atoms with Crippen molar-refractivity contribution in [1.29, 1.82) is 0 Å². The Hall–Kier alpha value is -5.21. The third-order valence-electron chi connectivity index (χ3n) is 10.1. The van der Waals surface area contributed by atoms with Gasteiger partial charge in [-0.05, 0) is 110 Å². The van der Waals surface area contributed by atoms with Crippen LogP contribution in [-0.4, -0.2) is 0 Å². The Labute approximate surface area is 271 Å². The van der Waals surface area contributed by atoms with E-state index in [0.717, 1.165) is 22.6 Å². The summed E-state index contributed by atoms with van der Waals surface area (Å²) in [7, 11) is 0. The summed E-state index contributed by atoms with van der Waals surface area (Å²) in [6.45, 7) is 9.49. The molecule has 224 valence electrons. The number of halogens is 1. The monoisotopic (exact) mass is 597 g/mol. The lowest BCUT2D eigenvalue weighted by Gasteiger charge is -2.28. The number of hydrogen-bond acceptors (Lipinski definition) is 1. The standard InChI is InChI=1S/C44H36FN/c1-43(2)39-13-9-8-12-37(39)41-42(43)38-27-18-32(28-40(38)44(41,3)4)31-16-23-35(24-17-31)46(36-25-19-33(45)20-26-36)34-21-14-30(15-22-34)29-10-6-5-7-11-29/h5-28H,1-4H3. The number of allylic oxidation sites excluding steroid dienone is 2. The van der Waals surface area contributed by atoms with Gasteiger partial charge in [-0.3, -0.25) is 0 Å². The van der Waals surface area contributed by atoms with E-state index in [2.05, 4.69) is 148 Å². The number of hydrogen-bond donors (Lipinski definition) is 0. The highest BCUT2D eigenvalue weighted by Crippen LogP contribution is 2.62. The zero-order chi connectivity index (χ0) is 31.6. The second-order valence-corrected chi connectivity index (χ2v) is 13.6. The predicted molar refractivity (Wildman–Crippen MR) is 191 cm³/mol. The molecule has 46 heavy (non-hydrogen) atoms. The van der Waals surface area contributed by atoms with Gasteiger partial charge in [0.25, 0.3) is 0 Å². The van der Waals surface area contributed by atoms with Crippen molar-refractivity contribution in [3.05, 3.63) is 174 Å². The summed E-state index contributed by atoms with van der Waals surface area (Å²) < 4.78 is 14.0. The van der Waals surface area contributed by atoms with E-state index in [0.29, 0.717) is 0 Å². The average molecular weight is 598 g/mol. The van der Waals surface area contributed by atoms with Crippen molar-refractivity contribution in [2.24, 2.45) is 0 Å². The van der Waals surface area contributed by atoms with E-state index in [9.17, 15) is 4.39 Å². The number of benzene rings is 6. The SMILES string of the molecule is CC1(C)C2=C(c3ccccc31)C(C)(C)c1cc(-c3ccc(N(c4ccc(F)cc4)c4ccc(-c5ccccc5)cc4)cc3)ccc12. The van der Waals surface area contributed by atoms with Gasteiger partial charge in [0, 0.05) is 27.9 Å². The molecule has 0 saturated carbocycles. The molecule has 2 heteroatoms. The predicted octanol–water partition coefficient (Wildman–Crippen LogP) is 12.1. The van der Waals surface area contributed by atoms with Crippen LogP contribution in [0.15, 0.2) is 146 Å². The molecule has 0 bridgehead atoms. The molecule has 0 N–H and O–H groups in total. The minimum atomic E-state index is -0.245. The average Bonchev–Trinajstić information content (AvgIpc) is 3.48. The summed E-state index contributed by atoms with van der Waals surface area (Å²) in [6, 6.07) is 50.4. The van der Waals surface area contributed by atoms with Gasteiger partial charge in [0.05, 0.1) is 0 Å². The van der Waals surface area contributed by atoms with Gasteiger partial charge in [-0.2, -0.15) is 0 Å². The lowest BCUT2D eigenvalue weighted by atomic mass is 9.75. The summed E-state index contributed by atoms with van der Waals surface area (Å²) in [5.74, 6) is -0.245. The van der Waals surface area contributed by atoms with Gasteiger partial charge in [0.2, 0.25) is 0 Å². The van der Waals surface area contributed by atoms with Crippen LogP contribution in [0.4, 0.5) is 21.5 Å². The fourth-order valence-electron chi connectivity index (χ4n) is 7.82. The molecule has 2 aliphatic carbocycles. The van der Waals surface area contributed by atoms with Crippen molar-refractivity contribution >= 4 is 28.2 Å². The topological polar surface area (TPSA) is 3.24 Å². The van der Waals surface area contributed by atoms with Gasteiger partial charge in [-0.15, -0.1) is 0 Å². The second-order valence-electron chi connectivity index (χ2n) is 13.6. The highest BCUT2D eigenvalue weighted by atomic mass is 19.1. The smallest absolute Gasteiger partial charge is 0.123 e. The minimum absolute atomic E-state index is 0.0271. The zero-order valence-corrected chi connectivity index (χ0v) is 26.7. The molecule has 0 aliphatic heterocycles. The molecule has 1 nitrogen and oxygen atoms in total. The van der Waals surface area contributed by atoms with Crippen LogP contribution >= 0.6 is 0 Å². The van der Waals surface area contributed by atoms with E-state index in [1.807, 2.05) is 18.2 Å². The Morgan fingerprint density at radius 1 is 0.413 bits per heavy atom. The van der Waals surface area contributed by atoms with Gasteiger partial charge in [-0.25, -0.2) is 4.39 Å². The normalized spacial score (nSPS) is 15.3. The largest absolute Gasteiger partial charge is 0.311 e. The highest BCUT2D eigenvalue weighted by Gasteiger charge is 2.49. The first-order valence-corrected chi connectivity index (χ1v) is 16.0. The van der Waals surface area contributed by atoms with Crippen LogP contribution in [-0.2, 0) is 10.8 Å². The summed E-state index contributed by atoms with van der Waals surface area (Å²) in [5.41, 5.74) is 16.1. The van der Waals surface area contributed by atoms with Gasteiger partial charge in [0.15, 0.2) is 0 Å². The summed E-state index contributed by atoms with van der Waals surface area (Å²) in [5, 5.41) is 0. The Morgan fingerprint density at radius 3 is 1.46 bits per heavy atom. The minimum Gasteiger partial charge on any atom is -0.311 e. The molecule has 0 saturated heterocycles. The van der Waals surface area contributed by atoms with Crippen molar-refractivity contribution in [3.63, 3.8) is 0 Å². The van der Waals surface area contributed by atoms with E-state index >= 15 is 0 Å². The van der Waals surface area contributed by atoms with E-state index in [-0.39, 0.29) is 16.6 Å². The molecule has 0 radical (unpaired) electrons. The molecule has 0 amide bonds. The molecule has 2 aliphatic rings. The van der Waals surface area contributed by atoms with E-state index in [1.54, 1.807) is 0 Å². The quantitative estimate of drug-likeness (QED) is 0.191. The van der Waals surface area contributed by atoms with Crippen LogP contribution in [0, 0.1) is 5.82 Å². The maximum absolute atomic E-state index is 14.0. The summed E-state index contributed by atoms with van der Waals surface area (Å²) >= 11 is 0. The molecule has 8 rings (SSSR count). The Bertz CT molecular complexity index is 2120. The molecular weight excluding hydrogens is 561 g/mol. The van der Waals surface area contributed by atoms with Crippen molar-refractivity contribution in [2.45, 2.75) is 38.5 Å². The fourth-order valence-corrected chi connectivity index (χ4v) is 7.82. The van der Waals surface area contributed by atoms with Crippen LogP contribution in [0.3, 0.4) is 0 Å². The molecule has 6 aromatic carbocycles.